The molecule has 0 spiro atoms. The number of ketones is 1. The summed E-state index contributed by atoms with van der Waals surface area (Å²) < 4.78 is 111. The van der Waals surface area contributed by atoms with Crippen molar-refractivity contribution in [3.05, 3.63) is 131 Å². The van der Waals surface area contributed by atoms with E-state index < -0.39 is 56.2 Å². The number of aryl methyl sites for hydroxylation is 1. The van der Waals surface area contributed by atoms with Crippen molar-refractivity contribution in [2.24, 2.45) is 5.92 Å². The van der Waals surface area contributed by atoms with Crippen molar-refractivity contribution in [3.8, 4) is 0 Å². The zero-order valence-electron chi connectivity index (χ0n) is 69.2. The molecule has 31 nitrogen and oxygen atoms in total. The molecule has 3 aromatic rings. The maximum absolute atomic E-state index is 11.6. The Morgan fingerprint density at radius 1 is 0.582 bits per heavy atom. The van der Waals surface area contributed by atoms with E-state index in [1.54, 1.807) is 71.5 Å². The Bertz CT molecular complexity index is 4140. The predicted molar refractivity (Wildman–Crippen MR) is 503 cm³/mol. The first-order chi connectivity index (χ1) is 55.8. The number of rotatable bonds is 25. The van der Waals surface area contributed by atoms with E-state index in [1.165, 1.54) is 203 Å². The van der Waals surface area contributed by atoms with Gasteiger partial charge in [-0.2, -0.15) is 79.0 Å². The summed E-state index contributed by atoms with van der Waals surface area (Å²) in [6, 6.07) is 6.37. The molecule has 1 saturated heterocycles. The van der Waals surface area contributed by atoms with Crippen molar-refractivity contribution in [2.75, 3.05) is 140 Å². The van der Waals surface area contributed by atoms with E-state index in [0.29, 0.717) is 44.8 Å². The number of ether oxygens (including phenoxy) is 11. The second-order valence-electron chi connectivity index (χ2n) is 19.8. The van der Waals surface area contributed by atoms with Crippen LogP contribution in [0.2, 0.25) is 0 Å². The van der Waals surface area contributed by atoms with Crippen LogP contribution in [-0.2, 0) is 149 Å². The fraction of sp³-hybridized carbons (Fsp3) is 0.424. The Hall–Kier alpha value is -1.40. The van der Waals surface area contributed by atoms with Crippen molar-refractivity contribution in [1.82, 2.24) is 6.15 Å². The molecular formula is C66H90Cl6LiNNa2O30S16. The number of carbonyl (C=O) groups is 12. The molecule has 5 heterocycles. The molecule has 1 aromatic carbocycles. The minimum atomic E-state index is -3.86. The summed E-state index contributed by atoms with van der Waals surface area (Å²) in [5, 5.41) is 7.66. The van der Waals surface area contributed by atoms with E-state index >= 15 is 0 Å². The summed E-state index contributed by atoms with van der Waals surface area (Å²) in [6.45, 7) is 18.1. The summed E-state index contributed by atoms with van der Waals surface area (Å²) >= 11 is 28.7. The van der Waals surface area contributed by atoms with Gasteiger partial charge in [-0.3, -0.25) is 24.0 Å². The van der Waals surface area contributed by atoms with Crippen LogP contribution in [0.1, 0.15) is 53.5 Å². The normalized spacial score (nSPS) is 12.2. The van der Waals surface area contributed by atoms with Gasteiger partial charge < -0.3 is 63.7 Å². The smallest absolute Gasteiger partial charge is 0.870 e. The van der Waals surface area contributed by atoms with Gasteiger partial charge in [0.1, 0.15) is 10.8 Å². The molecule has 4 N–H and O–H groups in total. The Kier molecular flexibility index (Phi) is 99.8. The molecule has 6 rings (SSSR count). The molecule has 680 valence electrons. The third-order valence-corrected chi connectivity index (χ3v) is 26.1. The molecule has 1 unspecified atom stereocenters. The molecular weight excluding hydrogens is 2070 g/mol. The molecule has 122 heavy (non-hydrogen) atoms. The Balaban J connectivity index is -0.000000145. The molecule has 3 aliphatic heterocycles. The van der Waals surface area contributed by atoms with Gasteiger partial charge in [-0.25, -0.2) is 50.4 Å². The van der Waals surface area contributed by atoms with Gasteiger partial charge in [-0.1, -0.05) is 43.0 Å². The SMILES string of the molecule is C=C(SCSc1cscc1C(=O)OC)C(=C)C(=O)OC.C=CC(=O)OC.COC(=O)C1=C(C)CSC1.COC(=O)C1=C(SCS/C(C)=C(/C)C(=O)OC)CSC1.COC(=O)C1CSCC1=O.COC(=O)CCSCC(=O)OC.COC(=O)CS.COC(=O)c1cscc1S(=O)(=O)Cl.Cc1ccc(S(=O)(=O)Cl)cc1.ClCl.N.O=S(=O)(Cl)Cl.S=S.[Li+].[Na][Na].[OH-]. The predicted octanol–water partition coefficient (Wildman–Crippen LogP) is 10.5. The van der Waals surface area contributed by atoms with Crippen LogP contribution in [0, 0.1) is 12.8 Å². The van der Waals surface area contributed by atoms with Crippen molar-refractivity contribution >= 4 is 358 Å². The van der Waals surface area contributed by atoms with Gasteiger partial charge in [-0.15, -0.1) is 58.8 Å². The minimum Gasteiger partial charge on any atom is -0.870 e. The largest absolute Gasteiger partial charge is 0.870 e. The van der Waals surface area contributed by atoms with Crippen LogP contribution < -0.4 is 25.0 Å². The molecule has 0 saturated carbocycles. The first kappa shape index (κ1) is 141. The summed E-state index contributed by atoms with van der Waals surface area (Å²) in [7, 11) is 30.4. The van der Waals surface area contributed by atoms with Gasteiger partial charge in [0.05, 0.1) is 129 Å². The Morgan fingerprint density at radius 2 is 1.04 bits per heavy atom. The minimum absolute atomic E-state index is 0. The van der Waals surface area contributed by atoms with Crippen LogP contribution >= 0.6 is 194 Å². The number of Topliss-reactive ketones (excluding diaryl/α,β-unsaturated/α-hetero) is 1. The molecule has 0 aliphatic carbocycles. The van der Waals surface area contributed by atoms with Gasteiger partial charge in [-0.05, 0) is 44.7 Å². The second kappa shape index (κ2) is 86.3. The van der Waals surface area contributed by atoms with Crippen molar-refractivity contribution < 1.29 is 159 Å². The maximum Gasteiger partial charge on any atom is -0.870 e. The van der Waals surface area contributed by atoms with Gasteiger partial charge in [0.15, 0.2) is 5.78 Å². The van der Waals surface area contributed by atoms with E-state index in [0.717, 1.165) is 82.5 Å². The fourth-order valence-corrected chi connectivity index (χ4v) is 19.4. The number of thiophene rings is 2. The van der Waals surface area contributed by atoms with E-state index in [4.69, 9.17) is 39.3 Å². The second-order valence-corrected chi connectivity index (χ2v) is 39.6. The molecule has 2 aromatic heterocycles. The molecule has 56 heteroatoms. The summed E-state index contributed by atoms with van der Waals surface area (Å²) in [5.41, 5.74) is 5.20. The molecule has 1 atom stereocenters. The summed E-state index contributed by atoms with van der Waals surface area (Å²) in [4.78, 5) is 134. The van der Waals surface area contributed by atoms with Crippen LogP contribution in [0.3, 0.4) is 0 Å². The zero-order chi connectivity index (χ0) is 93.8. The van der Waals surface area contributed by atoms with E-state index in [9.17, 15) is 74.4 Å². The number of hydrogen-bond acceptors (Lipinski definition) is 44. The topological polar surface area (TPSA) is 474 Å². The van der Waals surface area contributed by atoms with Gasteiger partial charge in [0.25, 0.3) is 18.1 Å². The average molecular weight is 2160 g/mol. The zero-order valence-corrected chi connectivity index (χ0v) is 90.9. The number of hydrogen-bond donors (Lipinski definition) is 2. The quantitative estimate of drug-likeness (QED) is 0.00680. The van der Waals surface area contributed by atoms with Gasteiger partial charge in [0, 0.05) is 185 Å². The third kappa shape index (κ3) is 71.4. The monoisotopic (exact) mass is 2150 g/mol. The fourth-order valence-electron chi connectivity index (χ4n) is 6.32. The first-order valence-electron chi connectivity index (χ1n) is 31.8. The number of thioether (sulfide) groups is 8. The van der Waals surface area contributed by atoms with Gasteiger partial charge >= 0.3 is 136 Å². The molecule has 3 aliphatic rings. The van der Waals surface area contributed by atoms with E-state index in [1.807, 2.05) is 26.2 Å². The van der Waals surface area contributed by atoms with Crippen molar-refractivity contribution in [2.45, 2.75) is 48.8 Å². The summed E-state index contributed by atoms with van der Waals surface area (Å²) in [5.74, 6) is 1.10. The van der Waals surface area contributed by atoms with Crippen LogP contribution in [0.15, 0.2) is 129 Å². The number of methoxy groups -OCH3 is 11. The first-order valence-corrected chi connectivity index (χ1v) is 61.1. The van der Waals surface area contributed by atoms with Gasteiger partial charge in [0.2, 0.25) is 0 Å². The molecule has 1 fully saturated rings. The molecule has 0 bridgehead atoms. The number of benzene rings is 1. The van der Waals surface area contributed by atoms with Crippen molar-refractivity contribution in [3.63, 3.8) is 0 Å². The number of esters is 11. The molecule has 0 amide bonds. The van der Waals surface area contributed by atoms with Crippen molar-refractivity contribution in [1.29, 1.82) is 0 Å². The maximum atomic E-state index is 11.6. The number of halogens is 6. The Labute approximate surface area is 837 Å². The third-order valence-electron chi connectivity index (χ3n) is 12.4. The Morgan fingerprint density at radius 3 is 1.43 bits per heavy atom. The van der Waals surface area contributed by atoms with Crippen LogP contribution in [0.4, 0.5) is 0 Å². The van der Waals surface area contributed by atoms with E-state index in [2.05, 4.69) is 140 Å². The average Bonchev–Trinajstić information content (AvgIpc) is 1.69. The number of carbonyl (C=O) groups excluding carboxylic acids is 12. The van der Waals surface area contributed by atoms with E-state index in [-0.39, 0.29) is 110 Å². The van der Waals surface area contributed by atoms with Crippen LogP contribution in [0.25, 0.3) is 0 Å². The van der Waals surface area contributed by atoms with Crippen LogP contribution in [-0.4, -0.2) is 286 Å². The molecule has 0 radical (unpaired) electrons. The number of thiol groups is 1. The standard InChI is InChI=1S/C13H18O4S3.C13H14O4S3.C7H7ClO2S.C7H12O4S.C7H10O2S.C6H5ClO4S2.C6H8O3S.C4H6O2.C3H6O2S.Cl2O2S.Cl2.Li.H3N.2Na.H2O.S2/c2*1-8(12(14)16-3)9(2)19-7-20-11-6-18-5-10(11)13(15)17-4;1-6-2-4-7(5-3-6)11(8,9)10;1-10-6(8)3-4-12-5-7(9)11-2;1-5-3-10-4-6(5)7(8)9-2;1-11-6(8)4-2-12-3-5(4)13(7,9)10;1-9-6(8)4-2-10-3-5(4)7;1-3-4(5)6-2;1-5-3(4)2-6;1-5(2,3)4;1-2;;;;;;1-2/h5-7H2,1-4H3;5-6H,1-2,7H2,3-4H3;2-5H,1H3;3-5H2,1-2H3;3-4H2,1-2H3;2-3H,1H3;4H,2-3H2,1H3;3H,1H2,2H3;6H,2H2,1H3;;;;1H3;;;1H2;/q;;;;;;;;;;;+1;;;;;/p-1/b9-8-;;;;;;;;;;;;;;;;. The summed E-state index contributed by atoms with van der Waals surface area (Å²) in [6.07, 6.45) is 1.44. The number of allylic oxidation sites excluding steroid dienone is 1. The van der Waals surface area contributed by atoms with Crippen LogP contribution in [0.5, 0.6) is 0 Å².